The second kappa shape index (κ2) is 10.8. The number of thioether (sulfide) groups is 1. The number of aromatic nitrogens is 4. The van der Waals surface area contributed by atoms with E-state index in [-0.39, 0.29) is 11.7 Å². The molecule has 0 spiro atoms. The summed E-state index contributed by atoms with van der Waals surface area (Å²) < 4.78 is 14.5. The van der Waals surface area contributed by atoms with Crippen molar-refractivity contribution in [1.29, 1.82) is 0 Å². The van der Waals surface area contributed by atoms with E-state index in [4.69, 9.17) is 9.47 Å². The van der Waals surface area contributed by atoms with Gasteiger partial charge in [0.15, 0.2) is 33.7 Å². The van der Waals surface area contributed by atoms with Gasteiger partial charge in [0.25, 0.3) is 0 Å². The van der Waals surface area contributed by atoms with Crippen LogP contribution in [0.5, 0.6) is 11.5 Å². The molecule has 5 rings (SSSR count). The van der Waals surface area contributed by atoms with Gasteiger partial charge in [-0.15, -0.1) is 10.2 Å². The van der Waals surface area contributed by atoms with E-state index in [9.17, 15) is 4.79 Å². The van der Waals surface area contributed by atoms with Gasteiger partial charge < -0.3 is 14.8 Å². The molecule has 0 aliphatic carbocycles. The smallest absolute Gasteiger partial charge is 0.236 e. The van der Waals surface area contributed by atoms with Gasteiger partial charge in [0.05, 0.1) is 23.1 Å². The summed E-state index contributed by atoms with van der Waals surface area (Å²) in [4.78, 5) is 17.2. The first-order valence-corrected chi connectivity index (χ1v) is 13.0. The molecule has 0 radical (unpaired) electrons. The lowest BCUT2D eigenvalue weighted by atomic mass is 10.3. The topological polar surface area (TPSA) is 91.2 Å². The molecule has 1 atom stereocenters. The van der Waals surface area contributed by atoms with Gasteiger partial charge in [-0.2, -0.15) is 0 Å². The van der Waals surface area contributed by atoms with E-state index < -0.39 is 6.10 Å². The number of nitrogens with one attached hydrogen (secondary N) is 1. The summed E-state index contributed by atoms with van der Waals surface area (Å²) in [6.07, 6.45) is -0.431. The number of anilines is 1. The van der Waals surface area contributed by atoms with E-state index in [2.05, 4.69) is 20.5 Å². The molecule has 5 aromatic rings. The number of nitrogens with zero attached hydrogens (tertiary/aromatic N) is 4. The minimum atomic E-state index is -0.431. The first-order valence-electron chi connectivity index (χ1n) is 11.2. The molecule has 0 bridgehead atoms. The zero-order chi connectivity index (χ0) is 24.9. The average Bonchev–Trinajstić information content (AvgIpc) is 3.52. The number of hydrogen-bond donors (Lipinski definition) is 1. The van der Waals surface area contributed by atoms with Crippen LogP contribution in [0.4, 0.5) is 5.13 Å². The molecule has 0 saturated heterocycles. The number of ether oxygens (including phenoxy) is 2. The van der Waals surface area contributed by atoms with Crippen LogP contribution in [-0.2, 0) is 4.79 Å². The lowest BCUT2D eigenvalue weighted by molar-refractivity contribution is -0.113. The first-order chi connectivity index (χ1) is 17.6. The Labute approximate surface area is 216 Å². The van der Waals surface area contributed by atoms with Crippen molar-refractivity contribution < 1.29 is 14.3 Å². The van der Waals surface area contributed by atoms with Crippen molar-refractivity contribution in [3.63, 3.8) is 0 Å². The van der Waals surface area contributed by atoms with Gasteiger partial charge in [-0.1, -0.05) is 65.6 Å². The average molecular weight is 518 g/mol. The van der Waals surface area contributed by atoms with Crippen molar-refractivity contribution in [2.24, 2.45) is 0 Å². The van der Waals surface area contributed by atoms with Crippen molar-refractivity contribution in [2.45, 2.75) is 18.2 Å². The van der Waals surface area contributed by atoms with Crippen LogP contribution in [0.2, 0.25) is 0 Å². The highest BCUT2D eigenvalue weighted by Gasteiger charge is 2.22. The van der Waals surface area contributed by atoms with Gasteiger partial charge in [-0.05, 0) is 43.3 Å². The normalized spacial score (nSPS) is 11.8. The Balaban J connectivity index is 1.35. The summed E-state index contributed by atoms with van der Waals surface area (Å²) in [6.45, 7) is 1.91. The SMILES string of the molecule is COc1ccccc1OC(C)c1nnc(SCC(=O)Nc2nc3ccccc3s2)n1-c1ccccc1. The first kappa shape index (κ1) is 23.8. The third-order valence-corrected chi connectivity index (χ3v) is 7.16. The summed E-state index contributed by atoms with van der Waals surface area (Å²) in [5.41, 5.74) is 1.74. The molecule has 10 heteroatoms. The van der Waals surface area contributed by atoms with Crippen LogP contribution in [0.25, 0.3) is 15.9 Å². The Morgan fingerprint density at radius 3 is 2.50 bits per heavy atom. The number of hydrogen-bond acceptors (Lipinski definition) is 8. The maximum Gasteiger partial charge on any atom is 0.236 e. The monoisotopic (exact) mass is 517 g/mol. The summed E-state index contributed by atoms with van der Waals surface area (Å²) in [5.74, 6) is 1.85. The quantitative estimate of drug-likeness (QED) is 0.249. The van der Waals surface area contributed by atoms with Crippen molar-refractivity contribution in [2.75, 3.05) is 18.2 Å². The highest BCUT2D eigenvalue weighted by Crippen LogP contribution is 2.32. The predicted molar refractivity (Wildman–Crippen MR) is 142 cm³/mol. The molecule has 1 unspecified atom stereocenters. The summed E-state index contributed by atoms with van der Waals surface area (Å²) >= 11 is 2.75. The number of carbonyl (C=O) groups is 1. The second-order valence-electron chi connectivity index (χ2n) is 7.75. The van der Waals surface area contributed by atoms with Crippen molar-refractivity contribution in [3.05, 3.63) is 84.7 Å². The van der Waals surface area contributed by atoms with Gasteiger partial charge in [0, 0.05) is 5.69 Å². The maximum absolute atomic E-state index is 12.7. The van der Waals surface area contributed by atoms with E-state index in [1.807, 2.05) is 90.4 Å². The van der Waals surface area contributed by atoms with Crippen LogP contribution < -0.4 is 14.8 Å². The van der Waals surface area contributed by atoms with Gasteiger partial charge >= 0.3 is 0 Å². The number of benzene rings is 3. The lowest BCUT2D eigenvalue weighted by Crippen LogP contribution is -2.15. The highest BCUT2D eigenvalue weighted by atomic mass is 32.2. The van der Waals surface area contributed by atoms with Crippen LogP contribution in [-0.4, -0.2) is 38.5 Å². The van der Waals surface area contributed by atoms with Crippen LogP contribution in [0.3, 0.4) is 0 Å². The summed E-state index contributed by atoms with van der Waals surface area (Å²) in [6, 6.07) is 25.0. The van der Waals surface area contributed by atoms with E-state index in [0.29, 0.717) is 27.6 Å². The summed E-state index contributed by atoms with van der Waals surface area (Å²) in [7, 11) is 1.60. The van der Waals surface area contributed by atoms with Gasteiger partial charge in [0.1, 0.15) is 0 Å². The fraction of sp³-hybridized carbons (Fsp3) is 0.154. The predicted octanol–water partition coefficient (Wildman–Crippen LogP) is 5.76. The molecular weight excluding hydrogens is 494 g/mol. The minimum absolute atomic E-state index is 0.155. The largest absolute Gasteiger partial charge is 0.493 e. The molecular formula is C26H23N5O3S2. The molecule has 182 valence electrons. The fourth-order valence-electron chi connectivity index (χ4n) is 3.63. The number of para-hydroxylation sites is 4. The van der Waals surface area contributed by atoms with E-state index in [0.717, 1.165) is 15.9 Å². The number of rotatable bonds is 9. The number of methoxy groups -OCH3 is 1. The fourth-order valence-corrected chi connectivity index (χ4v) is 5.27. The Morgan fingerprint density at radius 1 is 1.00 bits per heavy atom. The number of fused-ring (bicyclic) bond motifs is 1. The van der Waals surface area contributed by atoms with E-state index in [1.165, 1.54) is 23.1 Å². The summed E-state index contributed by atoms with van der Waals surface area (Å²) in [5, 5.41) is 12.9. The molecule has 3 aromatic carbocycles. The molecule has 8 nitrogen and oxygen atoms in total. The second-order valence-corrected chi connectivity index (χ2v) is 9.72. The molecule has 1 amide bonds. The number of amides is 1. The minimum Gasteiger partial charge on any atom is -0.493 e. The van der Waals surface area contributed by atoms with Crippen LogP contribution in [0.1, 0.15) is 18.9 Å². The van der Waals surface area contributed by atoms with Crippen LogP contribution in [0.15, 0.2) is 84.0 Å². The van der Waals surface area contributed by atoms with E-state index >= 15 is 0 Å². The third kappa shape index (κ3) is 5.19. The lowest BCUT2D eigenvalue weighted by Gasteiger charge is -2.18. The Morgan fingerprint density at radius 2 is 1.72 bits per heavy atom. The molecule has 36 heavy (non-hydrogen) atoms. The maximum atomic E-state index is 12.7. The van der Waals surface area contributed by atoms with E-state index in [1.54, 1.807) is 7.11 Å². The zero-order valence-electron chi connectivity index (χ0n) is 19.6. The molecule has 0 fully saturated rings. The number of carbonyl (C=O) groups excluding carboxylic acids is 1. The molecule has 1 N–H and O–H groups in total. The molecule has 2 aromatic heterocycles. The van der Waals surface area contributed by atoms with Crippen molar-refractivity contribution in [1.82, 2.24) is 19.7 Å². The zero-order valence-corrected chi connectivity index (χ0v) is 21.3. The van der Waals surface area contributed by atoms with Gasteiger partial charge in [0.2, 0.25) is 5.91 Å². The third-order valence-electron chi connectivity index (χ3n) is 5.28. The van der Waals surface area contributed by atoms with Crippen LogP contribution >= 0.6 is 23.1 Å². The van der Waals surface area contributed by atoms with Crippen molar-refractivity contribution in [3.8, 4) is 17.2 Å². The van der Waals surface area contributed by atoms with Crippen molar-refractivity contribution >= 4 is 44.4 Å². The molecule has 0 aliphatic rings. The molecule has 0 aliphatic heterocycles. The highest BCUT2D eigenvalue weighted by molar-refractivity contribution is 7.99. The standard InChI is InChI=1S/C26H23N5O3S2/c1-17(34-21-14-8-7-13-20(21)33-2)24-29-30-26(31(24)18-10-4-3-5-11-18)35-16-23(32)28-25-27-19-12-6-9-15-22(19)36-25/h3-15,17H,16H2,1-2H3,(H,27,28,32). The molecule has 2 heterocycles. The van der Waals surface area contributed by atoms with Gasteiger partial charge in [-0.3, -0.25) is 9.36 Å². The Kier molecular flexibility index (Phi) is 7.15. The Hall–Kier alpha value is -3.89. The number of thiazole rings is 1. The Bertz CT molecular complexity index is 1450. The van der Waals surface area contributed by atoms with Crippen LogP contribution in [0, 0.1) is 0 Å². The van der Waals surface area contributed by atoms with Gasteiger partial charge in [-0.25, -0.2) is 4.98 Å². The molecule has 0 saturated carbocycles.